The van der Waals surface area contributed by atoms with Gasteiger partial charge in [0.2, 0.25) is 0 Å². The van der Waals surface area contributed by atoms with Crippen molar-refractivity contribution in [2.45, 2.75) is 18.9 Å². The largest absolute Gasteiger partial charge is 0.379 e. The fourth-order valence-electron chi connectivity index (χ4n) is 2.33. The number of likely N-dealkylation sites (N-methyl/N-ethyl adjacent to an activating group) is 1. The summed E-state index contributed by atoms with van der Waals surface area (Å²) in [5, 5.41) is 0. The van der Waals surface area contributed by atoms with E-state index in [0.717, 1.165) is 32.8 Å². The Morgan fingerprint density at radius 2 is 2.07 bits per heavy atom. The van der Waals surface area contributed by atoms with Crippen molar-refractivity contribution in [2.24, 2.45) is 0 Å². The van der Waals surface area contributed by atoms with Gasteiger partial charge >= 0.3 is 0 Å². The van der Waals surface area contributed by atoms with Crippen LogP contribution in [0.2, 0.25) is 0 Å². The maximum Gasteiger partial charge on any atom is 0.0594 e. The minimum Gasteiger partial charge on any atom is -0.379 e. The van der Waals surface area contributed by atoms with Crippen LogP contribution in [0.1, 0.15) is 12.8 Å². The molecule has 1 atom stereocenters. The lowest BCUT2D eigenvalue weighted by Crippen LogP contribution is -2.36. The van der Waals surface area contributed by atoms with Gasteiger partial charge in [-0.05, 0) is 26.4 Å². The molecule has 0 aromatic heterocycles. The van der Waals surface area contributed by atoms with Crippen molar-refractivity contribution in [1.29, 1.82) is 0 Å². The van der Waals surface area contributed by atoms with Gasteiger partial charge in [0.25, 0.3) is 0 Å². The molecular formula is C12H22N2O. The molecule has 0 amide bonds. The standard InChI is InChI=1S/C12H22N2O/c1-13-6-2-4-12(13)5-3-7-14-8-10-15-11-9-14/h3,5,12H,2,4,6-11H2,1H3/b5-3+. The van der Waals surface area contributed by atoms with Crippen LogP contribution in [0.15, 0.2) is 12.2 Å². The Morgan fingerprint density at radius 3 is 2.73 bits per heavy atom. The van der Waals surface area contributed by atoms with E-state index in [1.165, 1.54) is 19.4 Å². The first-order chi connectivity index (χ1) is 7.36. The predicted octanol–water partition coefficient (Wildman–Crippen LogP) is 0.969. The highest BCUT2D eigenvalue weighted by atomic mass is 16.5. The zero-order chi connectivity index (χ0) is 10.5. The number of nitrogens with zero attached hydrogens (tertiary/aromatic N) is 2. The summed E-state index contributed by atoms with van der Waals surface area (Å²) < 4.78 is 5.32. The van der Waals surface area contributed by atoms with Crippen LogP contribution in [-0.2, 0) is 4.74 Å². The molecule has 2 saturated heterocycles. The van der Waals surface area contributed by atoms with E-state index < -0.39 is 0 Å². The van der Waals surface area contributed by atoms with E-state index in [9.17, 15) is 0 Å². The van der Waals surface area contributed by atoms with Gasteiger partial charge in [0, 0.05) is 25.7 Å². The second-order valence-corrected chi connectivity index (χ2v) is 4.53. The quantitative estimate of drug-likeness (QED) is 0.646. The molecule has 1 unspecified atom stereocenters. The lowest BCUT2D eigenvalue weighted by Gasteiger charge is -2.25. The van der Waals surface area contributed by atoms with Gasteiger partial charge in [0.15, 0.2) is 0 Å². The van der Waals surface area contributed by atoms with Crippen molar-refractivity contribution in [3.05, 3.63) is 12.2 Å². The zero-order valence-corrected chi connectivity index (χ0v) is 9.69. The average Bonchev–Trinajstić information content (AvgIpc) is 2.66. The van der Waals surface area contributed by atoms with Crippen LogP contribution in [0.25, 0.3) is 0 Å². The third kappa shape index (κ3) is 3.30. The average molecular weight is 210 g/mol. The van der Waals surface area contributed by atoms with Gasteiger partial charge in [-0.25, -0.2) is 0 Å². The number of likely N-dealkylation sites (tertiary alicyclic amines) is 1. The van der Waals surface area contributed by atoms with E-state index >= 15 is 0 Å². The van der Waals surface area contributed by atoms with E-state index in [4.69, 9.17) is 4.74 Å². The number of morpholine rings is 1. The molecule has 15 heavy (non-hydrogen) atoms. The smallest absolute Gasteiger partial charge is 0.0594 e. The van der Waals surface area contributed by atoms with Crippen molar-refractivity contribution >= 4 is 0 Å². The normalized spacial score (nSPS) is 30.3. The lowest BCUT2D eigenvalue weighted by molar-refractivity contribution is 0.0434. The van der Waals surface area contributed by atoms with Crippen LogP contribution >= 0.6 is 0 Å². The van der Waals surface area contributed by atoms with Gasteiger partial charge < -0.3 is 4.74 Å². The Hall–Kier alpha value is -0.380. The summed E-state index contributed by atoms with van der Waals surface area (Å²) in [7, 11) is 2.22. The van der Waals surface area contributed by atoms with Gasteiger partial charge in [0.05, 0.1) is 13.2 Å². The summed E-state index contributed by atoms with van der Waals surface area (Å²) in [5.41, 5.74) is 0. The van der Waals surface area contributed by atoms with Crippen LogP contribution in [0.5, 0.6) is 0 Å². The topological polar surface area (TPSA) is 15.7 Å². The lowest BCUT2D eigenvalue weighted by atomic mass is 10.2. The van der Waals surface area contributed by atoms with Crippen LogP contribution in [0.3, 0.4) is 0 Å². The fraction of sp³-hybridized carbons (Fsp3) is 0.833. The second-order valence-electron chi connectivity index (χ2n) is 4.53. The van der Waals surface area contributed by atoms with E-state index in [0.29, 0.717) is 6.04 Å². The summed E-state index contributed by atoms with van der Waals surface area (Å²) >= 11 is 0. The number of hydrogen-bond acceptors (Lipinski definition) is 3. The third-order valence-corrected chi connectivity index (χ3v) is 3.40. The molecule has 2 aliphatic rings. The molecule has 2 rings (SSSR count). The zero-order valence-electron chi connectivity index (χ0n) is 9.69. The van der Waals surface area contributed by atoms with Crippen molar-refractivity contribution in [3.8, 4) is 0 Å². The Bertz CT molecular complexity index is 212. The Labute approximate surface area is 92.7 Å². The molecule has 0 saturated carbocycles. The Balaban J connectivity index is 1.69. The van der Waals surface area contributed by atoms with Crippen LogP contribution < -0.4 is 0 Å². The molecule has 0 bridgehead atoms. The van der Waals surface area contributed by atoms with E-state index in [-0.39, 0.29) is 0 Å². The van der Waals surface area contributed by atoms with Gasteiger partial charge in [-0.15, -0.1) is 0 Å². The van der Waals surface area contributed by atoms with Crippen molar-refractivity contribution < 1.29 is 4.74 Å². The Kier molecular flexibility index (Phi) is 4.18. The number of hydrogen-bond donors (Lipinski definition) is 0. The van der Waals surface area contributed by atoms with Crippen molar-refractivity contribution in [2.75, 3.05) is 46.4 Å². The molecule has 0 aromatic carbocycles. The minimum atomic E-state index is 0.686. The van der Waals surface area contributed by atoms with Crippen LogP contribution in [-0.4, -0.2) is 62.3 Å². The first kappa shape index (κ1) is 11.1. The highest BCUT2D eigenvalue weighted by Gasteiger charge is 2.17. The minimum absolute atomic E-state index is 0.686. The molecule has 2 fully saturated rings. The van der Waals surface area contributed by atoms with Crippen molar-refractivity contribution in [1.82, 2.24) is 9.80 Å². The highest BCUT2D eigenvalue weighted by molar-refractivity contribution is 4.98. The van der Waals surface area contributed by atoms with Crippen LogP contribution in [0.4, 0.5) is 0 Å². The maximum absolute atomic E-state index is 5.32. The Morgan fingerprint density at radius 1 is 1.27 bits per heavy atom. The molecule has 86 valence electrons. The molecule has 2 aliphatic heterocycles. The molecule has 0 radical (unpaired) electrons. The maximum atomic E-state index is 5.32. The van der Waals surface area contributed by atoms with E-state index in [2.05, 4.69) is 29.0 Å². The van der Waals surface area contributed by atoms with Crippen LogP contribution in [0, 0.1) is 0 Å². The summed E-state index contributed by atoms with van der Waals surface area (Å²) in [6.07, 6.45) is 7.39. The van der Waals surface area contributed by atoms with Gasteiger partial charge in [-0.3, -0.25) is 9.80 Å². The van der Waals surface area contributed by atoms with Gasteiger partial charge in [-0.2, -0.15) is 0 Å². The molecule has 0 N–H and O–H groups in total. The summed E-state index contributed by atoms with van der Waals surface area (Å²) in [6.45, 7) is 6.32. The first-order valence-electron chi connectivity index (χ1n) is 6.03. The number of ether oxygens (including phenoxy) is 1. The predicted molar refractivity (Wildman–Crippen MR) is 62.1 cm³/mol. The highest BCUT2D eigenvalue weighted by Crippen LogP contribution is 2.15. The third-order valence-electron chi connectivity index (χ3n) is 3.40. The number of rotatable bonds is 3. The molecule has 0 aliphatic carbocycles. The molecule has 2 heterocycles. The molecule has 3 nitrogen and oxygen atoms in total. The molecule has 3 heteroatoms. The molecule has 0 spiro atoms. The SMILES string of the molecule is CN1CCCC1/C=C/CN1CCOCC1. The molecule has 0 aromatic rings. The van der Waals surface area contributed by atoms with E-state index in [1.807, 2.05) is 0 Å². The summed E-state index contributed by atoms with van der Waals surface area (Å²) in [4.78, 5) is 4.89. The van der Waals surface area contributed by atoms with Gasteiger partial charge in [-0.1, -0.05) is 12.2 Å². The molecular weight excluding hydrogens is 188 g/mol. The van der Waals surface area contributed by atoms with Crippen molar-refractivity contribution in [3.63, 3.8) is 0 Å². The summed E-state index contributed by atoms with van der Waals surface area (Å²) in [6, 6.07) is 0.686. The fourth-order valence-corrected chi connectivity index (χ4v) is 2.33. The summed E-state index contributed by atoms with van der Waals surface area (Å²) in [5.74, 6) is 0. The van der Waals surface area contributed by atoms with E-state index in [1.54, 1.807) is 0 Å². The van der Waals surface area contributed by atoms with Gasteiger partial charge in [0.1, 0.15) is 0 Å². The monoisotopic (exact) mass is 210 g/mol. The second kappa shape index (κ2) is 5.64. The first-order valence-corrected chi connectivity index (χ1v) is 6.03.